The zero-order chi connectivity index (χ0) is 8.27. The van der Waals surface area contributed by atoms with E-state index in [4.69, 9.17) is 4.42 Å². The summed E-state index contributed by atoms with van der Waals surface area (Å²) in [4.78, 5) is 0. The lowest BCUT2D eigenvalue weighted by atomic mass is 10.2. The standard InChI is InChI=1S/C10H14O/c1-4-6-9-7-8(3)11-10(9)5-2/h4,6-7H,5H2,1-3H3/b6-4-. The highest BCUT2D eigenvalue weighted by Crippen LogP contribution is 2.16. The molecule has 0 N–H and O–H groups in total. The van der Waals surface area contributed by atoms with Gasteiger partial charge in [0.25, 0.3) is 0 Å². The number of allylic oxidation sites excluding steroid dienone is 1. The van der Waals surface area contributed by atoms with Crippen LogP contribution in [0.25, 0.3) is 6.08 Å². The quantitative estimate of drug-likeness (QED) is 0.631. The molecule has 0 unspecified atom stereocenters. The van der Waals surface area contributed by atoms with Gasteiger partial charge in [0.05, 0.1) is 0 Å². The molecule has 0 saturated heterocycles. The molecular weight excluding hydrogens is 136 g/mol. The first-order valence-corrected chi connectivity index (χ1v) is 4.00. The van der Waals surface area contributed by atoms with Gasteiger partial charge < -0.3 is 4.42 Å². The van der Waals surface area contributed by atoms with E-state index in [1.54, 1.807) is 0 Å². The van der Waals surface area contributed by atoms with E-state index in [-0.39, 0.29) is 0 Å². The van der Waals surface area contributed by atoms with Crippen molar-refractivity contribution in [2.75, 3.05) is 0 Å². The highest BCUT2D eigenvalue weighted by molar-refractivity contribution is 5.51. The maximum absolute atomic E-state index is 5.47. The van der Waals surface area contributed by atoms with Gasteiger partial charge in [0.2, 0.25) is 0 Å². The summed E-state index contributed by atoms with van der Waals surface area (Å²) in [5.41, 5.74) is 1.22. The van der Waals surface area contributed by atoms with Gasteiger partial charge in [-0.25, -0.2) is 0 Å². The predicted octanol–water partition coefficient (Wildman–Crippen LogP) is 3.18. The van der Waals surface area contributed by atoms with Gasteiger partial charge in [-0.1, -0.05) is 19.1 Å². The van der Waals surface area contributed by atoms with Crippen molar-refractivity contribution in [3.63, 3.8) is 0 Å². The van der Waals surface area contributed by atoms with Crippen LogP contribution in [0.3, 0.4) is 0 Å². The average Bonchev–Trinajstić information content (AvgIpc) is 2.32. The van der Waals surface area contributed by atoms with Gasteiger partial charge in [-0.3, -0.25) is 0 Å². The van der Waals surface area contributed by atoms with Crippen LogP contribution in [-0.2, 0) is 6.42 Å². The molecule has 1 aromatic heterocycles. The van der Waals surface area contributed by atoms with Crippen LogP contribution >= 0.6 is 0 Å². The van der Waals surface area contributed by atoms with Gasteiger partial charge >= 0.3 is 0 Å². The number of rotatable bonds is 2. The van der Waals surface area contributed by atoms with Crippen LogP contribution in [-0.4, -0.2) is 0 Å². The van der Waals surface area contributed by atoms with E-state index in [0.29, 0.717) is 0 Å². The molecule has 1 heteroatoms. The lowest BCUT2D eigenvalue weighted by molar-refractivity contribution is 0.488. The van der Waals surface area contributed by atoms with Gasteiger partial charge in [-0.05, 0) is 19.9 Å². The van der Waals surface area contributed by atoms with E-state index in [1.165, 1.54) is 5.56 Å². The van der Waals surface area contributed by atoms with E-state index >= 15 is 0 Å². The topological polar surface area (TPSA) is 13.1 Å². The van der Waals surface area contributed by atoms with Gasteiger partial charge in [-0.15, -0.1) is 0 Å². The van der Waals surface area contributed by atoms with E-state index in [0.717, 1.165) is 17.9 Å². The van der Waals surface area contributed by atoms with Crippen LogP contribution in [0.5, 0.6) is 0 Å². The summed E-state index contributed by atoms with van der Waals surface area (Å²) in [6.45, 7) is 6.10. The Balaban J connectivity index is 3.01. The van der Waals surface area contributed by atoms with Crippen LogP contribution in [0.1, 0.15) is 30.9 Å². The maximum atomic E-state index is 5.47. The Morgan fingerprint density at radius 2 is 2.27 bits per heavy atom. The lowest BCUT2D eigenvalue weighted by Gasteiger charge is -1.90. The van der Waals surface area contributed by atoms with Gasteiger partial charge in [-0.2, -0.15) is 0 Å². The molecule has 0 saturated carbocycles. The van der Waals surface area contributed by atoms with E-state index in [2.05, 4.69) is 19.1 Å². The van der Waals surface area contributed by atoms with E-state index in [9.17, 15) is 0 Å². The molecule has 0 spiro atoms. The molecule has 1 heterocycles. The number of aryl methyl sites for hydroxylation is 2. The second kappa shape index (κ2) is 3.42. The third kappa shape index (κ3) is 1.73. The van der Waals surface area contributed by atoms with Crippen molar-refractivity contribution in [2.45, 2.75) is 27.2 Å². The van der Waals surface area contributed by atoms with Crippen molar-refractivity contribution in [2.24, 2.45) is 0 Å². The molecule has 0 bridgehead atoms. The fourth-order valence-corrected chi connectivity index (χ4v) is 1.18. The summed E-state index contributed by atoms with van der Waals surface area (Å²) in [5, 5.41) is 0. The monoisotopic (exact) mass is 150 g/mol. The second-order valence-electron chi connectivity index (χ2n) is 2.59. The molecule has 0 fully saturated rings. The van der Waals surface area contributed by atoms with Gasteiger partial charge in [0.1, 0.15) is 11.5 Å². The van der Waals surface area contributed by atoms with Crippen molar-refractivity contribution in [1.29, 1.82) is 0 Å². The van der Waals surface area contributed by atoms with E-state index < -0.39 is 0 Å². The summed E-state index contributed by atoms with van der Waals surface area (Å²) in [5.74, 6) is 2.08. The molecule has 1 rings (SSSR count). The first kappa shape index (κ1) is 8.12. The Bertz CT molecular complexity index is 256. The van der Waals surface area contributed by atoms with Crippen LogP contribution < -0.4 is 0 Å². The molecule has 1 aromatic rings. The van der Waals surface area contributed by atoms with Gasteiger partial charge in [0.15, 0.2) is 0 Å². The maximum Gasteiger partial charge on any atom is 0.111 e. The Labute approximate surface area is 67.7 Å². The minimum Gasteiger partial charge on any atom is -0.466 e. The highest BCUT2D eigenvalue weighted by atomic mass is 16.3. The fraction of sp³-hybridized carbons (Fsp3) is 0.400. The highest BCUT2D eigenvalue weighted by Gasteiger charge is 2.02. The third-order valence-corrected chi connectivity index (χ3v) is 1.63. The fourth-order valence-electron chi connectivity index (χ4n) is 1.18. The predicted molar refractivity (Wildman–Crippen MR) is 47.5 cm³/mol. The molecule has 1 nitrogen and oxygen atoms in total. The van der Waals surface area contributed by atoms with Gasteiger partial charge in [0, 0.05) is 12.0 Å². The lowest BCUT2D eigenvalue weighted by Crippen LogP contribution is -1.76. The normalized spacial score (nSPS) is 11.2. The molecule has 0 amide bonds. The molecule has 0 atom stereocenters. The molecule has 11 heavy (non-hydrogen) atoms. The zero-order valence-electron chi connectivity index (χ0n) is 7.35. The van der Waals surface area contributed by atoms with Crippen molar-refractivity contribution in [3.8, 4) is 0 Å². The zero-order valence-corrected chi connectivity index (χ0v) is 7.35. The first-order chi connectivity index (χ1) is 5.27. The number of furan rings is 1. The van der Waals surface area contributed by atoms with E-state index in [1.807, 2.05) is 19.9 Å². The molecule has 0 aromatic carbocycles. The SMILES string of the molecule is C/C=C\c1cc(C)oc1CC. The van der Waals surface area contributed by atoms with Crippen molar-refractivity contribution in [1.82, 2.24) is 0 Å². The number of hydrogen-bond donors (Lipinski definition) is 0. The van der Waals surface area contributed by atoms with Crippen molar-refractivity contribution in [3.05, 3.63) is 29.2 Å². The van der Waals surface area contributed by atoms with Crippen molar-refractivity contribution < 1.29 is 4.42 Å². The molecule has 0 aliphatic carbocycles. The molecule has 0 aliphatic heterocycles. The molecule has 0 radical (unpaired) electrons. The largest absolute Gasteiger partial charge is 0.466 e. The minimum atomic E-state index is 0.966. The van der Waals surface area contributed by atoms with Crippen LogP contribution in [0, 0.1) is 6.92 Å². The van der Waals surface area contributed by atoms with Crippen molar-refractivity contribution >= 4 is 6.08 Å². The second-order valence-corrected chi connectivity index (χ2v) is 2.59. The average molecular weight is 150 g/mol. The molecule has 60 valence electrons. The minimum absolute atomic E-state index is 0.966. The smallest absolute Gasteiger partial charge is 0.111 e. The summed E-state index contributed by atoms with van der Waals surface area (Å²) >= 11 is 0. The Morgan fingerprint density at radius 1 is 1.55 bits per heavy atom. The molecule has 0 aliphatic rings. The summed E-state index contributed by atoms with van der Waals surface area (Å²) in [6.07, 6.45) is 5.08. The summed E-state index contributed by atoms with van der Waals surface area (Å²) in [7, 11) is 0. The van der Waals surface area contributed by atoms with Crippen LogP contribution in [0.15, 0.2) is 16.6 Å². The summed E-state index contributed by atoms with van der Waals surface area (Å²) in [6, 6.07) is 2.07. The summed E-state index contributed by atoms with van der Waals surface area (Å²) < 4.78 is 5.47. The Morgan fingerprint density at radius 3 is 2.82 bits per heavy atom. The van der Waals surface area contributed by atoms with Crippen LogP contribution in [0.4, 0.5) is 0 Å². The third-order valence-electron chi connectivity index (χ3n) is 1.63. The van der Waals surface area contributed by atoms with Crippen LogP contribution in [0.2, 0.25) is 0 Å². The first-order valence-electron chi connectivity index (χ1n) is 4.00. The molecular formula is C10H14O. The Kier molecular flexibility index (Phi) is 2.53. The Hall–Kier alpha value is -0.980. The number of hydrogen-bond acceptors (Lipinski definition) is 1.